The number of hydrogen-bond donors (Lipinski definition) is 1. The lowest BCUT2D eigenvalue weighted by atomic mass is 10.2. The molecule has 0 aliphatic heterocycles. The average Bonchev–Trinajstić information content (AvgIpc) is 3.14. The first kappa shape index (κ1) is 19.7. The molecule has 0 saturated carbocycles. The number of rotatable bonds is 8. The number of imidazole rings is 1. The van der Waals surface area contributed by atoms with Crippen molar-refractivity contribution in [3.8, 4) is 5.75 Å². The van der Waals surface area contributed by atoms with E-state index in [2.05, 4.69) is 40.2 Å². The first-order chi connectivity index (χ1) is 14.7. The van der Waals surface area contributed by atoms with E-state index in [1.165, 1.54) is 5.56 Å². The molecule has 0 saturated heterocycles. The fourth-order valence-corrected chi connectivity index (χ4v) is 3.57. The predicted molar refractivity (Wildman–Crippen MR) is 119 cm³/mol. The Bertz CT molecular complexity index is 1140. The number of nitrogens with one attached hydrogen (secondary N) is 1. The molecule has 4 rings (SSSR count). The van der Waals surface area contributed by atoms with Gasteiger partial charge in [-0.25, -0.2) is 4.98 Å². The first-order valence-electron chi connectivity index (χ1n) is 10.1. The van der Waals surface area contributed by atoms with Crippen molar-refractivity contribution in [1.29, 1.82) is 0 Å². The molecule has 0 bridgehead atoms. The smallest absolute Gasteiger partial charge is 0.251 e. The van der Waals surface area contributed by atoms with Crippen LogP contribution < -0.4 is 10.1 Å². The highest BCUT2D eigenvalue weighted by atomic mass is 16.5. The SMILES string of the molecule is COc1cccc(C(=O)NCCCc2nc3ccccc3n2Cc2ccccc2)c1. The molecule has 4 aromatic rings. The number of aromatic nitrogens is 2. The Morgan fingerprint density at radius 3 is 2.63 bits per heavy atom. The average molecular weight is 399 g/mol. The number of hydrogen-bond acceptors (Lipinski definition) is 3. The van der Waals surface area contributed by atoms with Crippen LogP contribution >= 0.6 is 0 Å². The molecule has 0 spiro atoms. The summed E-state index contributed by atoms with van der Waals surface area (Å²) in [6.07, 6.45) is 1.60. The number of carbonyl (C=O) groups is 1. The Hall–Kier alpha value is -3.60. The number of para-hydroxylation sites is 2. The van der Waals surface area contributed by atoms with Crippen LogP contribution in [-0.2, 0) is 13.0 Å². The number of fused-ring (bicyclic) bond motifs is 1. The van der Waals surface area contributed by atoms with Crippen LogP contribution in [0.25, 0.3) is 11.0 Å². The van der Waals surface area contributed by atoms with Gasteiger partial charge in [-0.15, -0.1) is 0 Å². The third-order valence-electron chi connectivity index (χ3n) is 5.11. The van der Waals surface area contributed by atoms with E-state index in [0.717, 1.165) is 36.2 Å². The van der Waals surface area contributed by atoms with E-state index in [-0.39, 0.29) is 5.91 Å². The number of benzene rings is 3. The second kappa shape index (κ2) is 9.27. The zero-order valence-corrected chi connectivity index (χ0v) is 17.0. The van der Waals surface area contributed by atoms with Crippen LogP contribution in [0.3, 0.4) is 0 Å². The standard InChI is InChI=1S/C25H25N3O2/c1-30-21-12-7-11-20(17-21)25(29)26-16-8-15-24-27-22-13-5-6-14-23(22)28(24)18-19-9-3-2-4-10-19/h2-7,9-14,17H,8,15-16,18H2,1H3,(H,26,29). The van der Waals surface area contributed by atoms with Gasteiger partial charge in [0.25, 0.3) is 5.91 Å². The maximum atomic E-state index is 12.4. The summed E-state index contributed by atoms with van der Waals surface area (Å²) in [6, 6.07) is 25.8. The molecule has 0 atom stereocenters. The van der Waals surface area contributed by atoms with Crippen LogP contribution in [-0.4, -0.2) is 29.1 Å². The van der Waals surface area contributed by atoms with E-state index in [4.69, 9.17) is 9.72 Å². The van der Waals surface area contributed by atoms with Gasteiger partial charge >= 0.3 is 0 Å². The molecule has 152 valence electrons. The molecule has 0 aliphatic carbocycles. The van der Waals surface area contributed by atoms with Gasteiger partial charge in [0.15, 0.2) is 0 Å². The molecule has 1 heterocycles. The van der Waals surface area contributed by atoms with Gasteiger partial charge in [0, 0.05) is 25.1 Å². The summed E-state index contributed by atoms with van der Waals surface area (Å²) < 4.78 is 7.46. The third-order valence-corrected chi connectivity index (χ3v) is 5.11. The van der Waals surface area contributed by atoms with Crippen LogP contribution in [0.5, 0.6) is 5.75 Å². The van der Waals surface area contributed by atoms with Gasteiger partial charge in [0.1, 0.15) is 11.6 Å². The van der Waals surface area contributed by atoms with Gasteiger partial charge in [-0.1, -0.05) is 48.5 Å². The van der Waals surface area contributed by atoms with E-state index in [1.807, 2.05) is 36.4 Å². The van der Waals surface area contributed by atoms with Gasteiger partial charge < -0.3 is 14.6 Å². The summed E-state index contributed by atoms with van der Waals surface area (Å²) in [5, 5.41) is 2.99. The lowest BCUT2D eigenvalue weighted by Crippen LogP contribution is -2.25. The van der Waals surface area contributed by atoms with Crippen LogP contribution in [0.1, 0.15) is 28.2 Å². The highest BCUT2D eigenvalue weighted by molar-refractivity contribution is 5.94. The van der Waals surface area contributed by atoms with E-state index < -0.39 is 0 Å². The number of carbonyl (C=O) groups excluding carboxylic acids is 1. The summed E-state index contributed by atoms with van der Waals surface area (Å²) in [5.74, 6) is 1.62. The Morgan fingerprint density at radius 2 is 1.80 bits per heavy atom. The van der Waals surface area contributed by atoms with Gasteiger partial charge in [-0.05, 0) is 42.3 Å². The molecule has 1 amide bonds. The van der Waals surface area contributed by atoms with E-state index in [9.17, 15) is 4.79 Å². The Morgan fingerprint density at radius 1 is 1.00 bits per heavy atom. The molecule has 0 fully saturated rings. The van der Waals surface area contributed by atoms with Crippen LogP contribution in [0.15, 0.2) is 78.9 Å². The van der Waals surface area contributed by atoms with Crippen molar-refractivity contribution >= 4 is 16.9 Å². The molecular formula is C25H25N3O2. The van der Waals surface area contributed by atoms with Gasteiger partial charge in [-0.3, -0.25) is 4.79 Å². The van der Waals surface area contributed by atoms with Crippen LogP contribution in [0.2, 0.25) is 0 Å². The van der Waals surface area contributed by atoms with Crippen molar-refractivity contribution in [3.63, 3.8) is 0 Å². The minimum atomic E-state index is -0.0910. The van der Waals surface area contributed by atoms with Gasteiger partial charge in [0.05, 0.1) is 18.1 Å². The number of amides is 1. The fraction of sp³-hybridized carbons (Fsp3) is 0.200. The largest absolute Gasteiger partial charge is 0.497 e. The second-order valence-corrected chi connectivity index (χ2v) is 7.18. The van der Waals surface area contributed by atoms with Crippen LogP contribution in [0.4, 0.5) is 0 Å². The summed E-state index contributed by atoms with van der Waals surface area (Å²) >= 11 is 0. The Balaban J connectivity index is 1.42. The summed E-state index contributed by atoms with van der Waals surface area (Å²) in [4.78, 5) is 17.2. The molecule has 3 aromatic carbocycles. The lowest BCUT2D eigenvalue weighted by Gasteiger charge is -2.10. The summed E-state index contributed by atoms with van der Waals surface area (Å²) in [5.41, 5.74) is 3.99. The maximum Gasteiger partial charge on any atom is 0.251 e. The second-order valence-electron chi connectivity index (χ2n) is 7.18. The van der Waals surface area contributed by atoms with E-state index in [0.29, 0.717) is 17.9 Å². The van der Waals surface area contributed by atoms with Crippen molar-refractivity contribution in [3.05, 3.63) is 95.8 Å². The molecule has 1 N–H and O–H groups in total. The highest BCUT2D eigenvalue weighted by Gasteiger charge is 2.11. The Kier molecular flexibility index (Phi) is 6.09. The fourth-order valence-electron chi connectivity index (χ4n) is 3.57. The lowest BCUT2D eigenvalue weighted by molar-refractivity contribution is 0.0953. The zero-order valence-electron chi connectivity index (χ0n) is 17.0. The maximum absolute atomic E-state index is 12.4. The van der Waals surface area contributed by atoms with Crippen molar-refractivity contribution in [1.82, 2.24) is 14.9 Å². The third kappa shape index (κ3) is 4.51. The summed E-state index contributed by atoms with van der Waals surface area (Å²) in [6.45, 7) is 1.37. The zero-order chi connectivity index (χ0) is 20.8. The molecule has 30 heavy (non-hydrogen) atoms. The minimum Gasteiger partial charge on any atom is -0.497 e. The topological polar surface area (TPSA) is 56.1 Å². The van der Waals surface area contributed by atoms with Crippen molar-refractivity contribution < 1.29 is 9.53 Å². The Labute approximate surface area is 176 Å². The highest BCUT2D eigenvalue weighted by Crippen LogP contribution is 2.19. The predicted octanol–water partition coefficient (Wildman–Crippen LogP) is 4.46. The quantitative estimate of drug-likeness (QED) is 0.445. The van der Waals surface area contributed by atoms with E-state index >= 15 is 0 Å². The normalized spacial score (nSPS) is 10.8. The molecule has 5 heteroatoms. The summed E-state index contributed by atoms with van der Waals surface area (Å²) in [7, 11) is 1.60. The molecule has 0 unspecified atom stereocenters. The number of aryl methyl sites for hydroxylation is 1. The van der Waals surface area contributed by atoms with Gasteiger partial charge in [-0.2, -0.15) is 0 Å². The molecule has 5 nitrogen and oxygen atoms in total. The van der Waals surface area contributed by atoms with Crippen molar-refractivity contribution in [2.45, 2.75) is 19.4 Å². The molecule has 0 aliphatic rings. The molecule has 1 aromatic heterocycles. The number of methoxy groups -OCH3 is 1. The minimum absolute atomic E-state index is 0.0910. The van der Waals surface area contributed by atoms with Crippen molar-refractivity contribution in [2.75, 3.05) is 13.7 Å². The monoisotopic (exact) mass is 399 g/mol. The molecular weight excluding hydrogens is 374 g/mol. The number of nitrogens with zero attached hydrogens (tertiary/aromatic N) is 2. The first-order valence-corrected chi connectivity index (χ1v) is 10.1. The molecule has 0 radical (unpaired) electrons. The van der Waals surface area contributed by atoms with Gasteiger partial charge in [0.2, 0.25) is 0 Å². The number of ether oxygens (including phenoxy) is 1. The van der Waals surface area contributed by atoms with Crippen molar-refractivity contribution in [2.24, 2.45) is 0 Å². The van der Waals surface area contributed by atoms with Crippen LogP contribution in [0, 0.1) is 0 Å². The van der Waals surface area contributed by atoms with E-state index in [1.54, 1.807) is 19.2 Å².